The average molecular weight is 568 g/mol. The number of aromatic hydroxyl groups is 1. The van der Waals surface area contributed by atoms with Gasteiger partial charge in [-0.15, -0.1) is 0 Å². The number of imide groups is 1. The molecule has 5 nitrogen and oxygen atoms in total. The van der Waals surface area contributed by atoms with Crippen LogP contribution in [0, 0.1) is 0 Å². The monoisotopic (exact) mass is 565 g/mol. The number of phenols is 1. The normalized spacial score (nSPS) is 15.6. The van der Waals surface area contributed by atoms with E-state index in [2.05, 4.69) is 31.9 Å². The fourth-order valence-electron chi connectivity index (χ4n) is 2.51. The van der Waals surface area contributed by atoms with Crippen molar-refractivity contribution in [1.82, 2.24) is 4.90 Å². The minimum atomic E-state index is -0.503. The summed E-state index contributed by atoms with van der Waals surface area (Å²) in [4.78, 5) is 26.4. The first-order chi connectivity index (χ1) is 13.2. The zero-order valence-corrected chi connectivity index (χ0v) is 19.6. The number of benzene rings is 2. The number of methoxy groups -OCH3 is 1. The van der Waals surface area contributed by atoms with Gasteiger partial charge in [0.15, 0.2) is 11.5 Å². The van der Waals surface area contributed by atoms with Crippen molar-refractivity contribution in [2.75, 3.05) is 7.11 Å². The molecule has 0 saturated carbocycles. The molecule has 1 aliphatic rings. The molecule has 0 atom stereocenters. The summed E-state index contributed by atoms with van der Waals surface area (Å²) < 4.78 is 6.27. The van der Waals surface area contributed by atoms with E-state index in [0.29, 0.717) is 30.1 Å². The number of carbonyl (C=O) groups is 2. The molecular formula is C18H11Br2Cl2NO4S. The third-order valence-electron chi connectivity index (χ3n) is 3.94. The predicted octanol–water partition coefficient (Wildman–Crippen LogP) is 6.47. The molecule has 2 amide bonds. The van der Waals surface area contributed by atoms with E-state index < -0.39 is 11.1 Å². The van der Waals surface area contributed by atoms with Crippen LogP contribution < -0.4 is 4.74 Å². The van der Waals surface area contributed by atoms with Gasteiger partial charge in [0.25, 0.3) is 11.1 Å². The van der Waals surface area contributed by atoms with Gasteiger partial charge in [0, 0.05) is 30.1 Å². The van der Waals surface area contributed by atoms with Crippen LogP contribution in [-0.4, -0.2) is 28.3 Å². The maximum atomic E-state index is 12.8. The Morgan fingerprint density at radius 3 is 2.50 bits per heavy atom. The van der Waals surface area contributed by atoms with Gasteiger partial charge < -0.3 is 9.84 Å². The van der Waals surface area contributed by atoms with Gasteiger partial charge in [0.05, 0.1) is 18.6 Å². The lowest BCUT2D eigenvalue weighted by molar-refractivity contribution is -0.123. The van der Waals surface area contributed by atoms with E-state index in [9.17, 15) is 14.7 Å². The van der Waals surface area contributed by atoms with E-state index in [1.165, 1.54) is 13.2 Å². The smallest absolute Gasteiger partial charge is 0.293 e. The van der Waals surface area contributed by atoms with Crippen molar-refractivity contribution >= 4 is 84.0 Å². The lowest BCUT2D eigenvalue weighted by Gasteiger charge is -2.15. The number of amides is 2. The minimum absolute atomic E-state index is 0.0462. The number of carbonyl (C=O) groups excluding carboxylic acids is 2. The lowest BCUT2D eigenvalue weighted by Crippen LogP contribution is -2.27. The second-order valence-corrected chi connectivity index (χ2v) is 9.06. The molecule has 2 aromatic rings. The van der Waals surface area contributed by atoms with Crippen molar-refractivity contribution in [3.8, 4) is 11.5 Å². The Labute approximate surface area is 191 Å². The highest BCUT2D eigenvalue weighted by Crippen LogP contribution is 2.44. The number of hydrogen-bond donors (Lipinski definition) is 1. The number of phenolic OH excluding ortho intramolecular Hbond substituents is 1. The molecule has 1 heterocycles. The van der Waals surface area contributed by atoms with Crippen molar-refractivity contribution < 1.29 is 19.4 Å². The molecular weight excluding hydrogens is 557 g/mol. The molecule has 0 unspecified atom stereocenters. The summed E-state index contributed by atoms with van der Waals surface area (Å²) in [7, 11) is 1.42. The molecule has 0 radical (unpaired) electrons. The van der Waals surface area contributed by atoms with E-state index >= 15 is 0 Å². The third kappa shape index (κ3) is 4.07. The van der Waals surface area contributed by atoms with Crippen molar-refractivity contribution in [1.29, 1.82) is 0 Å². The van der Waals surface area contributed by atoms with E-state index in [-0.39, 0.29) is 22.9 Å². The molecule has 0 aliphatic carbocycles. The molecule has 1 N–H and O–H groups in total. The third-order valence-corrected chi connectivity index (χ3v) is 7.57. The number of rotatable bonds is 4. The summed E-state index contributed by atoms with van der Waals surface area (Å²) in [5, 5.41) is 10.7. The highest BCUT2D eigenvalue weighted by Gasteiger charge is 2.36. The molecule has 3 rings (SSSR count). The Kier molecular flexibility index (Phi) is 6.66. The van der Waals surface area contributed by atoms with E-state index in [4.69, 9.17) is 27.9 Å². The van der Waals surface area contributed by atoms with Crippen molar-refractivity contribution in [3.05, 3.63) is 59.3 Å². The Morgan fingerprint density at radius 1 is 1.25 bits per heavy atom. The Bertz CT molecular complexity index is 1010. The summed E-state index contributed by atoms with van der Waals surface area (Å²) >= 11 is 19.8. The largest absolute Gasteiger partial charge is 0.504 e. The Hall–Kier alpha value is -1.19. The van der Waals surface area contributed by atoms with Gasteiger partial charge in [-0.1, -0.05) is 29.3 Å². The fraction of sp³-hybridized carbons (Fsp3) is 0.111. The number of thioether (sulfide) groups is 1. The Balaban J connectivity index is 1.98. The number of hydrogen-bond acceptors (Lipinski definition) is 5. The van der Waals surface area contributed by atoms with Gasteiger partial charge in [0.2, 0.25) is 0 Å². The van der Waals surface area contributed by atoms with Gasteiger partial charge in [-0.05, 0) is 67.9 Å². The van der Waals surface area contributed by atoms with Crippen LogP contribution in [0.25, 0.3) is 6.08 Å². The van der Waals surface area contributed by atoms with E-state index in [0.717, 1.165) is 16.7 Å². The van der Waals surface area contributed by atoms with Gasteiger partial charge in [-0.25, -0.2) is 0 Å². The first kappa shape index (κ1) is 21.5. The molecule has 1 saturated heterocycles. The van der Waals surface area contributed by atoms with Crippen molar-refractivity contribution in [2.24, 2.45) is 0 Å². The van der Waals surface area contributed by atoms with Gasteiger partial charge in [-0.3, -0.25) is 14.5 Å². The standard InChI is InChI=1S/C18H11Br2Cl2NO4S/c1-27-13-6-10(19)15(20)8(16(13)24)5-14-17(25)23(18(26)28-14)7-9-11(21)3-2-4-12(9)22/h2-6,24H,7H2,1H3/b14-5-. The Morgan fingerprint density at radius 2 is 1.89 bits per heavy atom. The number of halogens is 4. The highest BCUT2D eigenvalue weighted by molar-refractivity contribution is 9.13. The second kappa shape index (κ2) is 8.67. The van der Waals surface area contributed by atoms with E-state index in [1.807, 2.05) is 0 Å². The maximum Gasteiger partial charge on any atom is 0.293 e. The highest BCUT2D eigenvalue weighted by atomic mass is 79.9. The molecule has 10 heteroatoms. The summed E-state index contributed by atoms with van der Waals surface area (Å²) in [6, 6.07) is 6.55. The fourth-order valence-corrected chi connectivity index (χ4v) is 4.68. The number of ether oxygens (including phenoxy) is 1. The molecule has 0 aromatic heterocycles. The molecule has 146 valence electrons. The summed E-state index contributed by atoms with van der Waals surface area (Å²) in [5.41, 5.74) is 0.801. The summed E-state index contributed by atoms with van der Waals surface area (Å²) in [5.74, 6) is -0.432. The minimum Gasteiger partial charge on any atom is -0.504 e. The summed E-state index contributed by atoms with van der Waals surface area (Å²) in [6.07, 6.45) is 1.44. The number of nitrogens with zero attached hydrogens (tertiary/aromatic N) is 1. The van der Waals surface area contributed by atoms with Gasteiger partial charge >= 0.3 is 0 Å². The van der Waals surface area contributed by atoms with Crippen LogP contribution in [0.1, 0.15) is 11.1 Å². The zero-order valence-electron chi connectivity index (χ0n) is 14.1. The molecule has 2 aromatic carbocycles. The topological polar surface area (TPSA) is 66.8 Å². The molecule has 1 fully saturated rings. The predicted molar refractivity (Wildman–Crippen MR) is 118 cm³/mol. The van der Waals surface area contributed by atoms with Gasteiger partial charge in [-0.2, -0.15) is 0 Å². The SMILES string of the molecule is COc1cc(Br)c(Br)c(/C=C2\SC(=O)N(Cc3c(Cl)cccc3Cl)C2=O)c1O. The van der Waals surface area contributed by atoms with Gasteiger partial charge in [0.1, 0.15) is 0 Å². The van der Waals surface area contributed by atoms with Crippen LogP contribution in [-0.2, 0) is 11.3 Å². The van der Waals surface area contributed by atoms with Crippen molar-refractivity contribution in [3.63, 3.8) is 0 Å². The van der Waals surface area contributed by atoms with E-state index in [1.54, 1.807) is 24.3 Å². The second-order valence-electron chi connectivity index (χ2n) is 5.60. The van der Waals surface area contributed by atoms with Crippen LogP contribution in [0.2, 0.25) is 10.0 Å². The first-order valence-electron chi connectivity index (χ1n) is 7.67. The van der Waals surface area contributed by atoms with Crippen LogP contribution in [0.3, 0.4) is 0 Å². The molecule has 0 bridgehead atoms. The first-order valence-corrected chi connectivity index (χ1v) is 10.8. The van der Waals surface area contributed by atoms with Crippen molar-refractivity contribution in [2.45, 2.75) is 6.54 Å². The quantitative estimate of drug-likeness (QED) is 0.429. The van der Waals surface area contributed by atoms with Crippen LogP contribution >= 0.6 is 66.8 Å². The van der Waals surface area contributed by atoms with Crippen LogP contribution in [0.4, 0.5) is 4.79 Å². The molecule has 28 heavy (non-hydrogen) atoms. The maximum absolute atomic E-state index is 12.8. The van der Waals surface area contributed by atoms with Crippen LogP contribution in [0.5, 0.6) is 11.5 Å². The summed E-state index contributed by atoms with van der Waals surface area (Å²) in [6.45, 7) is -0.0462. The lowest BCUT2D eigenvalue weighted by atomic mass is 10.1. The zero-order chi connectivity index (χ0) is 20.6. The molecule has 1 aliphatic heterocycles. The average Bonchev–Trinajstić information content (AvgIpc) is 2.91. The molecule has 0 spiro atoms. The van der Waals surface area contributed by atoms with Crippen LogP contribution in [0.15, 0.2) is 38.1 Å².